The van der Waals surface area contributed by atoms with Crippen LogP contribution < -0.4 is 0 Å². The van der Waals surface area contributed by atoms with Crippen LogP contribution in [0.5, 0.6) is 0 Å². The van der Waals surface area contributed by atoms with Crippen LogP contribution in [0.3, 0.4) is 0 Å². The fraction of sp³-hybridized carbons (Fsp3) is 0. The lowest BCUT2D eigenvalue weighted by Crippen LogP contribution is -1.96. The molecule has 0 atom stereocenters. The number of nitrogens with zero attached hydrogens (tertiary/aromatic N) is 2. The number of thiophene rings is 1. The minimum atomic E-state index is 0.713. The minimum absolute atomic E-state index is 0.713. The molecule has 0 bridgehead atoms. The normalized spacial score (nSPS) is 11.4. The molecule has 2 aromatic heterocycles. The summed E-state index contributed by atoms with van der Waals surface area (Å²) in [6.45, 7) is 0. The maximum absolute atomic E-state index is 5.07. The van der Waals surface area contributed by atoms with E-state index in [1.807, 2.05) is 29.5 Å². The molecule has 3 heteroatoms. The van der Waals surface area contributed by atoms with E-state index in [0.717, 1.165) is 28.1 Å². The van der Waals surface area contributed by atoms with Gasteiger partial charge in [-0.25, -0.2) is 9.97 Å². The Bertz CT molecular complexity index is 2900. The molecule has 53 heavy (non-hydrogen) atoms. The summed E-state index contributed by atoms with van der Waals surface area (Å²) in [6, 6.07) is 69.2. The van der Waals surface area contributed by atoms with Gasteiger partial charge >= 0.3 is 0 Å². The molecular weight excluding hydrogens is 661 g/mol. The van der Waals surface area contributed by atoms with Crippen LogP contribution in [-0.4, -0.2) is 9.97 Å². The van der Waals surface area contributed by atoms with Gasteiger partial charge in [0.1, 0.15) is 0 Å². The molecular formula is C50H32N2S. The van der Waals surface area contributed by atoms with Crippen molar-refractivity contribution >= 4 is 42.3 Å². The Kier molecular flexibility index (Phi) is 7.71. The van der Waals surface area contributed by atoms with Gasteiger partial charge in [-0.15, -0.1) is 11.3 Å². The van der Waals surface area contributed by atoms with Crippen molar-refractivity contribution in [2.45, 2.75) is 0 Å². The van der Waals surface area contributed by atoms with E-state index >= 15 is 0 Å². The molecule has 248 valence electrons. The van der Waals surface area contributed by atoms with E-state index in [-0.39, 0.29) is 0 Å². The fourth-order valence-electron chi connectivity index (χ4n) is 7.35. The third-order valence-corrected chi connectivity index (χ3v) is 11.3. The molecule has 0 unspecified atom stereocenters. The first kappa shape index (κ1) is 31.1. The van der Waals surface area contributed by atoms with Crippen LogP contribution in [0.15, 0.2) is 194 Å². The van der Waals surface area contributed by atoms with Crippen molar-refractivity contribution in [3.05, 3.63) is 194 Å². The first-order valence-corrected chi connectivity index (χ1v) is 18.7. The van der Waals surface area contributed by atoms with Crippen molar-refractivity contribution in [2.75, 3.05) is 0 Å². The highest BCUT2D eigenvalue weighted by molar-refractivity contribution is 7.25. The Hall–Kier alpha value is -6.68. The Morgan fingerprint density at radius 3 is 1.51 bits per heavy atom. The lowest BCUT2D eigenvalue weighted by molar-refractivity contribution is 1.18. The van der Waals surface area contributed by atoms with Crippen LogP contribution in [0.2, 0.25) is 0 Å². The molecule has 0 aliphatic rings. The van der Waals surface area contributed by atoms with Crippen LogP contribution in [0.4, 0.5) is 0 Å². The van der Waals surface area contributed by atoms with Gasteiger partial charge in [0, 0.05) is 36.9 Å². The van der Waals surface area contributed by atoms with Crippen molar-refractivity contribution in [1.29, 1.82) is 0 Å². The van der Waals surface area contributed by atoms with Crippen LogP contribution in [0, 0.1) is 0 Å². The average Bonchev–Trinajstić information content (AvgIpc) is 3.62. The monoisotopic (exact) mass is 692 g/mol. The predicted molar refractivity (Wildman–Crippen MR) is 225 cm³/mol. The van der Waals surface area contributed by atoms with Gasteiger partial charge in [-0.05, 0) is 62.4 Å². The molecule has 8 aromatic carbocycles. The second-order valence-corrected chi connectivity index (χ2v) is 14.5. The zero-order chi connectivity index (χ0) is 35.1. The quantitative estimate of drug-likeness (QED) is 0.173. The number of aromatic nitrogens is 2. The summed E-state index contributed by atoms with van der Waals surface area (Å²) in [6.07, 6.45) is 0. The molecule has 0 aliphatic carbocycles. The summed E-state index contributed by atoms with van der Waals surface area (Å²) in [5.74, 6) is 0.713. The lowest BCUT2D eigenvalue weighted by atomic mass is 9.96. The number of hydrogen-bond donors (Lipinski definition) is 0. The largest absolute Gasteiger partial charge is 0.228 e. The summed E-state index contributed by atoms with van der Waals surface area (Å²) in [7, 11) is 0. The van der Waals surface area contributed by atoms with Crippen molar-refractivity contribution in [1.82, 2.24) is 9.97 Å². The summed E-state index contributed by atoms with van der Waals surface area (Å²) in [4.78, 5) is 10.1. The van der Waals surface area contributed by atoms with Crippen LogP contribution >= 0.6 is 11.3 Å². The zero-order valence-electron chi connectivity index (χ0n) is 28.8. The van der Waals surface area contributed by atoms with E-state index in [1.165, 1.54) is 64.3 Å². The molecule has 0 N–H and O–H groups in total. The summed E-state index contributed by atoms with van der Waals surface area (Å²) < 4.78 is 2.66. The van der Waals surface area contributed by atoms with Crippen molar-refractivity contribution in [3.8, 4) is 67.3 Å². The SMILES string of the molecule is c1ccc(-c2nc(-c3ccc(-c4ccc(-c5ccc6c(c5)sc5ccccc56)cc4)cc3)cc(-c3ccc(-c4cccc5ccccc45)cc3)n2)cc1. The van der Waals surface area contributed by atoms with Crippen molar-refractivity contribution in [3.63, 3.8) is 0 Å². The molecule has 0 fully saturated rings. The smallest absolute Gasteiger partial charge is 0.160 e. The molecule has 0 saturated heterocycles. The molecule has 0 spiro atoms. The van der Waals surface area contributed by atoms with E-state index in [9.17, 15) is 0 Å². The topological polar surface area (TPSA) is 25.8 Å². The molecule has 0 saturated carbocycles. The van der Waals surface area contributed by atoms with Crippen LogP contribution in [-0.2, 0) is 0 Å². The van der Waals surface area contributed by atoms with E-state index in [4.69, 9.17) is 9.97 Å². The van der Waals surface area contributed by atoms with E-state index in [1.54, 1.807) is 0 Å². The molecule has 0 radical (unpaired) electrons. The number of fused-ring (bicyclic) bond motifs is 4. The summed E-state index contributed by atoms with van der Waals surface area (Å²) in [5.41, 5.74) is 12.1. The Balaban J connectivity index is 0.955. The summed E-state index contributed by atoms with van der Waals surface area (Å²) in [5, 5.41) is 5.15. The van der Waals surface area contributed by atoms with Gasteiger partial charge in [-0.2, -0.15) is 0 Å². The first-order chi connectivity index (χ1) is 26.2. The fourth-order valence-corrected chi connectivity index (χ4v) is 8.50. The van der Waals surface area contributed by atoms with Crippen LogP contribution in [0.1, 0.15) is 0 Å². The average molecular weight is 693 g/mol. The zero-order valence-corrected chi connectivity index (χ0v) is 29.6. The number of rotatable bonds is 6. The second-order valence-electron chi connectivity index (χ2n) is 13.4. The molecule has 10 aromatic rings. The highest BCUT2D eigenvalue weighted by Gasteiger charge is 2.13. The molecule has 10 rings (SSSR count). The van der Waals surface area contributed by atoms with Gasteiger partial charge in [0.25, 0.3) is 0 Å². The van der Waals surface area contributed by atoms with Crippen LogP contribution in [0.25, 0.3) is 98.2 Å². The Labute approximate surface area is 312 Å². The third kappa shape index (κ3) is 5.87. The minimum Gasteiger partial charge on any atom is -0.228 e. The Morgan fingerprint density at radius 2 is 0.811 bits per heavy atom. The van der Waals surface area contributed by atoms with E-state index in [0.29, 0.717) is 5.82 Å². The molecule has 2 nitrogen and oxygen atoms in total. The molecule has 2 heterocycles. The van der Waals surface area contributed by atoms with Gasteiger partial charge in [0.15, 0.2) is 5.82 Å². The standard InChI is InChI=1S/C50H32N2S/c1-2-10-40(11-3-1)50-51-46(32-47(52-50)39-27-23-37(24-28-39)43-15-8-12-36-9-4-5-13-42(36)43)38-25-21-34(22-26-38)33-17-19-35(20-18-33)41-29-30-45-44-14-6-7-16-48(44)53-49(45)31-41/h1-32H. The third-order valence-electron chi connectivity index (χ3n) is 10.2. The molecule has 0 amide bonds. The predicted octanol–water partition coefficient (Wildman–Crippen LogP) is 14.0. The lowest BCUT2D eigenvalue weighted by Gasteiger charge is -2.11. The molecule has 0 aliphatic heterocycles. The van der Waals surface area contributed by atoms with E-state index < -0.39 is 0 Å². The van der Waals surface area contributed by atoms with Crippen molar-refractivity contribution < 1.29 is 0 Å². The van der Waals surface area contributed by atoms with Gasteiger partial charge in [-0.3, -0.25) is 0 Å². The number of hydrogen-bond acceptors (Lipinski definition) is 3. The first-order valence-electron chi connectivity index (χ1n) is 17.9. The highest BCUT2D eigenvalue weighted by Crippen LogP contribution is 2.37. The second kappa shape index (κ2) is 13.1. The maximum atomic E-state index is 5.07. The Morgan fingerprint density at radius 1 is 0.302 bits per heavy atom. The highest BCUT2D eigenvalue weighted by atomic mass is 32.1. The van der Waals surface area contributed by atoms with Gasteiger partial charge < -0.3 is 0 Å². The van der Waals surface area contributed by atoms with E-state index in [2.05, 4.69) is 176 Å². The van der Waals surface area contributed by atoms with Gasteiger partial charge in [-0.1, -0.05) is 176 Å². The number of benzene rings is 8. The van der Waals surface area contributed by atoms with Gasteiger partial charge in [0.05, 0.1) is 11.4 Å². The van der Waals surface area contributed by atoms with Gasteiger partial charge in [0.2, 0.25) is 0 Å². The maximum Gasteiger partial charge on any atom is 0.160 e. The van der Waals surface area contributed by atoms with Crippen molar-refractivity contribution in [2.24, 2.45) is 0 Å². The summed E-state index contributed by atoms with van der Waals surface area (Å²) >= 11 is 1.86.